The van der Waals surface area contributed by atoms with Gasteiger partial charge in [-0.1, -0.05) is 6.07 Å². The van der Waals surface area contributed by atoms with Crippen molar-refractivity contribution in [3.05, 3.63) is 23.8 Å². The van der Waals surface area contributed by atoms with Crippen LogP contribution in [0.4, 0.5) is 0 Å². The Morgan fingerprint density at radius 3 is 2.47 bits per heavy atom. The smallest absolute Gasteiger partial charge is 0.127 e. The van der Waals surface area contributed by atoms with Gasteiger partial charge < -0.3 is 19.5 Å². The van der Waals surface area contributed by atoms with Gasteiger partial charge in [0.15, 0.2) is 0 Å². The number of hydrogen-bond donors (Lipinski definition) is 1. The van der Waals surface area contributed by atoms with Gasteiger partial charge in [0, 0.05) is 31.4 Å². The topological polar surface area (TPSA) is 39.7 Å². The molecule has 0 heterocycles. The number of hydrogen-bond acceptors (Lipinski definition) is 4. The van der Waals surface area contributed by atoms with Crippen LogP contribution in [0.3, 0.4) is 0 Å². The summed E-state index contributed by atoms with van der Waals surface area (Å²) in [4.78, 5) is 0. The number of nitrogens with one attached hydrogen (secondary N) is 1. The fraction of sp³-hybridized carbons (Fsp3) is 0.538. The van der Waals surface area contributed by atoms with Gasteiger partial charge in [-0.05, 0) is 19.5 Å². The molecular formula is C13H21NO3. The van der Waals surface area contributed by atoms with Gasteiger partial charge in [0.25, 0.3) is 0 Å². The van der Waals surface area contributed by atoms with Crippen molar-refractivity contribution >= 4 is 0 Å². The Bertz CT molecular complexity index is 341. The maximum Gasteiger partial charge on any atom is 0.127 e. The molecule has 0 saturated carbocycles. The first-order chi connectivity index (χ1) is 8.26. The minimum Gasteiger partial charge on any atom is -0.497 e. The first kappa shape index (κ1) is 13.8. The van der Waals surface area contributed by atoms with E-state index in [1.54, 1.807) is 21.3 Å². The van der Waals surface area contributed by atoms with Crippen molar-refractivity contribution < 1.29 is 14.2 Å². The largest absolute Gasteiger partial charge is 0.497 e. The van der Waals surface area contributed by atoms with E-state index in [1.165, 1.54) is 0 Å². The summed E-state index contributed by atoms with van der Waals surface area (Å²) in [5, 5.41) is 3.26. The lowest BCUT2D eigenvalue weighted by Gasteiger charge is -2.19. The van der Waals surface area contributed by atoms with E-state index in [0.29, 0.717) is 6.61 Å². The third-order valence-electron chi connectivity index (χ3n) is 2.78. The Hall–Kier alpha value is -1.26. The molecule has 0 aliphatic heterocycles. The van der Waals surface area contributed by atoms with Crippen molar-refractivity contribution in [2.75, 3.05) is 35.0 Å². The number of methoxy groups -OCH3 is 3. The van der Waals surface area contributed by atoms with E-state index >= 15 is 0 Å². The fourth-order valence-corrected chi connectivity index (χ4v) is 1.80. The second kappa shape index (κ2) is 7.14. The number of ether oxygens (including phenoxy) is 3. The molecule has 17 heavy (non-hydrogen) atoms. The van der Waals surface area contributed by atoms with Gasteiger partial charge in [0.2, 0.25) is 0 Å². The normalized spacial score (nSPS) is 12.2. The molecule has 0 bridgehead atoms. The molecule has 0 aromatic heterocycles. The quantitative estimate of drug-likeness (QED) is 0.790. The first-order valence-electron chi connectivity index (χ1n) is 5.65. The lowest BCUT2D eigenvalue weighted by atomic mass is 10.0. The van der Waals surface area contributed by atoms with Gasteiger partial charge in [-0.3, -0.25) is 0 Å². The Labute approximate surface area is 103 Å². The maximum atomic E-state index is 5.39. The second-order valence-corrected chi connectivity index (χ2v) is 3.73. The Balaban J connectivity index is 2.93. The molecule has 1 aromatic carbocycles. The molecule has 4 heteroatoms. The molecule has 0 radical (unpaired) electrons. The Morgan fingerprint density at radius 1 is 1.18 bits per heavy atom. The molecular weight excluding hydrogens is 218 g/mol. The van der Waals surface area contributed by atoms with E-state index in [2.05, 4.69) is 5.32 Å². The maximum absolute atomic E-state index is 5.39. The number of benzene rings is 1. The Morgan fingerprint density at radius 2 is 1.94 bits per heavy atom. The molecule has 0 saturated heterocycles. The molecule has 1 aromatic rings. The van der Waals surface area contributed by atoms with Crippen molar-refractivity contribution in [2.24, 2.45) is 0 Å². The van der Waals surface area contributed by atoms with Gasteiger partial charge >= 0.3 is 0 Å². The predicted octanol–water partition coefficient (Wildman–Crippen LogP) is 2.00. The summed E-state index contributed by atoms with van der Waals surface area (Å²) >= 11 is 0. The summed E-state index contributed by atoms with van der Waals surface area (Å²) < 4.78 is 15.7. The molecule has 1 rings (SSSR count). The van der Waals surface area contributed by atoms with Crippen molar-refractivity contribution in [3.8, 4) is 11.5 Å². The summed E-state index contributed by atoms with van der Waals surface area (Å²) in [5.74, 6) is 1.63. The van der Waals surface area contributed by atoms with Crippen molar-refractivity contribution in [3.63, 3.8) is 0 Å². The van der Waals surface area contributed by atoms with Crippen LogP contribution in [0.25, 0.3) is 0 Å². The van der Waals surface area contributed by atoms with Crippen LogP contribution in [0, 0.1) is 0 Å². The van der Waals surface area contributed by atoms with E-state index < -0.39 is 0 Å². The van der Waals surface area contributed by atoms with Gasteiger partial charge in [0.05, 0.1) is 14.2 Å². The third-order valence-corrected chi connectivity index (χ3v) is 2.78. The van der Waals surface area contributed by atoms with Crippen molar-refractivity contribution in [1.29, 1.82) is 0 Å². The van der Waals surface area contributed by atoms with Crippen LogP contribution in [0.15, 0.2) is 18.2 Å². The van der Waals surface area contributed by atoms with Crippen molar-refractivity contribution in [2.45, 2.75) is 12.5 Å². The molecule has 0 aliphatic carbocycles. The lowest BCUT2D eigenvalue weighted by Crippen LogP contribution is -2.18. The first-order valence-corrected chi connectivity index (χ1v) is 5.65. The van der Waals surface area contributed by atoms with Gasteiger partial charge in [-0.15, -0.1) is 0 Å². The zero-order valence-electron chi connectivity index (χ0n) is 10.9. The molecule has 0 fully saturated rings. The van der Waals surface area contributed by atoms with Crippen molar-refractivity contribution in [1.82, 2.24) is 5.32 Å². The minimum absolute atomic E-state index is 0.218. The van der Waals surface area contributed by atoms with E-state index in [-0.39, 0.29) is 6.04 Å². The summed E-state index contributed by atoms with van der Waals surface area (Å²) in [6.07, 6.45) is 0.899. The van der Waals surface area contributed by atoms with Gasteiger partial charge in [-0.25, -0.2) is 0 Å². The summed E-state index contributed by atoms with van der Waals surface area (Å²) in [6.45, 7) is 0.709. The zero-order valence-corrected chi connectivity index (χ0v) is 10.9. The Kier molecular flexibility index (Phi) is 5.80. The zero-order chi connectivity index (χ0) is 12.7. The SMILES string of the molecule is CNC(CCOC)c1ccc(OC)cc1OC. The molecule has 0 aliphatic rings. The highest BCUT2D eigenvalue weighted by Gasteiger charge is 2.14. The second-order valence-electron chi connectivity index (χ2n) is 3.73. The lowest BCUT2D eigenvalue weighted by molar-refractivity contribution is 0.183. The van der Waals surface area contributed by atoms with E-state index in [0.717, 1.165) is 23.5 Å². The molecule has 0 spiro atoms. The monoisotopic (exact) mass is 239 g/mol. The average molecular weight is 239 g/mol. The minimum atomic E-state index is 0.218. The van der Waals surface area contributed by atoms with Crippen LogP contribution in [0.1, 0.15) is 18.0 Å². The van der Waals surface area contributed by atoms with Crippen LogP contribution in [-0.2, 0) is 4.74 Å². The van der Waals surface area contributed by atoms with Crippen LogP contribution >= 0.6 is 0 Å². The standard InChI is InChI=1S/C13H21NO3/c1-14-12(7-8-15-2)11-6-5-10(16-3)9-13(11)17-4/h5-6,9,12,14H,7-8H2,1-4H3. The summed E-state index contributed by atoms with van der Waals surface area (Å²) in [5.41, 5.74) is 1.12. The molecule has 1 unspecified atom stereocenters. The third kappa shape index (κ3) is 3.61. The highest BCUT2D eigenvalue weighted by molar-refractivity contribution is 5.42. The van der Waals surface area contributed by atoms with Gasteiger partial charge in [0.1, 0.15) is 11.5 Å². The highest BCUT2D eigenvalue weighted by atomic mass is 16.5. The average Bonchev–Trinajstić information content (AvgIpc) is 2.39. The molecule has 1 atom stereocenters. The fourth-order valence-electron chi connectivity index (χ4n) is 1.80. The summed E-state index contributed by atoms with van der Waals surface area (Å²) in [6, 6.07) is 6.08. The van der Waals surface area contributed by atoms with E-state index in [4.69, 9.17) is 14.2 Å². The van der Waals surface area contributed by atoms with E-state index in [1.807, 2.05) is 25.2 Å². The van der Waals surface area contributed by atoms with Crippen LogP contribution < -0.4 is 14.8 Å². The highest BCUT2D eigenvalue weighted by Crippen LogP contribution is 2.30. The molecule has 0 amide bonds. The summed E-state index contributed by atoms with van der Waals surface area (Å²) in [7, 11) is 6.96. The van der Waals surface area contributed by atoms with Gasteiger partial charge in [-0.2, -0.15) is 0 Å². The van der Waals surface area contributed by atoms with E-state index in [9.17, 15) is 0 Å². The molecule has 96 valence electrons. The predicted molar refractivity (Wildman–Crippen MR) is 67.8 cm³/mol. The number of rotatable bonds is 7. The molecule has 4 nitrogen and oxygen atoms in total. The van der Waals surface area contributed by atoms with Crippen LogP contribution in [-0.4, -0.2) is 35.0 Å². The van der Waals surface area contributed by atoms with Crippen LogP contribution in [0.5, 0.6) is 11.5 Å². The molecule has 1 N–H and O–H groups in total. The van der Waals surface area contributed by atoms with Crippen LogP contribution in [0.2, 0.25) is 0 Å².